The minimum absolute atomic E-state index is 0.000870. The molecule has 1 heterocycles. The molecule has 0 aromatic carbocycles. The van der Waals surface area contributed by atoms with E-state index in [0.717, 1.165) is 6.20 Å². The van der Waals surface area contributed by atoms with Gasteiger partial charge in [-0.15, -0.1) is 13.2 Å². The number of aromatic nitrogens is 1. The third-order valence-electron chi connectivity index (χ3n) is 1.75. The molecule has 0 radical (unpaired) electrons. The van der Waals surface area contributed by atoms with Gasteiger partial charge in [0.05, 0.1) is 18.2 Å². The molecule has 0 aliphatic heterocycles. The van der Waals surface area contributed by atoms with Gasteiger partial charge in [0.2, 0.25) is 0 Å². The summed E-state index contributed by atoms with van der Waals surface area (Å²) in [6.45, 7) is 1.33. The van der Waals surface area contributed by atoms with Crippen molar-refractivity contribution in [3.63, 3.8) is 0 Å². The molecule has 1 rings (SSSR count). The van der Waals surface area contributed by atoms with Gasteiger partial charge in [-0.05, 0) is 6.92 Å². The van der Waals surface area contributed by atoms with E-state index in [1.807, 2.05) is 0 Å². The minimum Gasteiger partial charge on any atom is -0.503 e. The highest BCUT2D eigenvalue weighted by Gasteiger charge is 2.34. The zero-order valence-corrected chi connectivity index (χ0v) is 8.17. The Kier molecular flexibility index (Phi) is 3.22. The fourth-order valence-corrected chi connectivity index (χ4v) is 1.05. The van der Waals surface area contributed by atoms with Crippen LogP contribution in [0.2, 0.25) is 0 Å². The zero-order chi connectivity index (χ0) is 12.3. The lowest BCUT2D eigenvalue weighted by molar-refractivity contribution is -0.275. The molecule has 0 unspecified atom stereocenters. The number of pyridine rings is 1. The van der Waals surface area contributed by atoms with E-state index >= 15 is 0 Å². The standard InChI is InChI=1S/C9H7F3N2O2/c1-5-7(15)8(16-9(10,11)12)6(2-3-13)4-14-5/h4,15H,2H2,1H3. The molecule has 7 heteroatoms. The molecule has 1 N–H and O–H groups in total. The van der Waals surface area contributed by atoms with Crippen LogP contribution in [-0.4, -0.2) is 16.5 Å². The summed E-state index contributed by atoms with van der Waals surface area (Å²) < 4.78 is 39.8. The molecule has 1 aromatic rings. The van der Waals surface area contributed by atoms with Gasteiger partial charge in [0, 0.05) is 11.8 Å². The molecular formula is C9H7F3N2O2. The molecule has 0 amide bonds. The smallest absolute Gasteiger partial charge is 0.503 e. The van der Waals surface area contributed by atoms with Crippen molar-refractivity contribution < 1.29 is 23.0 Å². The second-order valence-corrected chi connectivity index (χ2v) is 2.93. The highest BCUT2D eigenvalue weighted by Crippen LogP contribution is 2.36. The second kappa shape index (κ2) is 4.26. The summed E-state index contributed by atoms with van der Waals surface area (Å²) in [6, 6.07) is 1.66. The fourth-order valence-electron chi connectivity index (χ4n) is 1.05. The summed E-state index contributed by atoms with van der Waals surface area (Å²) in [5, 5.41) is 17.8. The Morgan fingerprint density at radius 2 is 2.19 bits per heavy atom. The third kappa shape index (κ3) is 2.76. The average Bonchev–Trinajstić information content (AvgIpc) is 2.16. The number of hydrogen-bond donors (Lipinski definition) is 1. The predicted molar refractivity (Wildman–Crippen MR) is 46.6 cm³/mol. The van der Waals surface area contributed by atoms with E-state index in [4.69, 9.17) is 5.26 Å². The molecule has 1 aromatic heterocycles. The molecule has 4 nitrogen and oxygen atoms in total. The van der Waals surface area contributed by atoms with Gasteiger partial charge in [-0.1, -0.05) is 0 Å². The van der Waals surface area contributed by atoms with Crippen LogP contribution in [0.1, 0.15) is 11.3 Å². The van der Waals surface area contributed by atoms with E-state index in [1.165, 1.54) is 6.92 Å². The van der Waals surface area contributed by atoms with Crippen LogP contribution in [0.15, 0.2) is 6.20 Å². The van der Waals surface area contributed by atoms with Crippen molar-refractivity contribution in [1.29, 1.82) is 5.26 Å². The maximum absolute atomic E-state index is 12.0. The lowest BCUT2D eigenvalue weighted by Gasteiger charge is -2.13. The number of ether oxygens (including phenoxy) is 1. The first kappa shape index (κ1) is 12.1. The molecule has 0 saturated carbocycles. The number of alkyl halides is 3. The summed E-state index contributed by atoms with van der Waals surface area (Å²) in [4.78, 5) is 3.64. The fraction of sp³-hybridized carbons (Fsp3) is 0.333. The molecule has 86 valence electrons. The van der Waals surface area contributed by atoms with Crippen molar-refractivity contribution in [1.82, 2.24) is 4.98 Å². The van der Waals surface area contributed by atoms with E-state index in [2.05, 4.69) is 9.72 Å². The molecule has 0 bridgehead atoms. The van der Waals surface area contributed by atoms with Crippen LogP contribution in [0.25, 0.3) is 0 Å². The van der Waals surface area contributed by atoms with Gasteiger partial charge in [-0.2, -0.15) is 5.26 Å². The molecule has 0 fully saturated rings. The molecular weight excluding hydrogens is 225 g/mol. The Balaban J connectivity index is 3.22. The summed E-state index contributed by atoms with van der Waals surface area (Å²) in [7, 11) is 0. The number of nitrogens with zero attached hydrogens (tertiary/aromatic N) is 2. The molecule has 0 aliphatic carbocycles. The number of rotatable bonds is 2. The summed E-state index contributed by atoms with van der Waals surface area (Å²) in [5.74, 6) is -1.47. The van der Waals surface area contributed by atoms with Crippen molar-refractivity contribution in [3.05, 3.63) is 17.5 Å². The van der Waals surface area contributed by atoms with E-state index in [0.29, 0.717) is 0 Å². The largest absolute Gasteiger partial charge is 0.573 e. The highest BCUT2D eigenvalue weighted by molar-refractivity contribution is 5.47. The van der Waals surface area contributed by atoms with Gasteiger partial charge in [-0.3, -0.25) is 4.98 Å². The lowest BCUT2D eigenvalue weighted by atomic mass is 10.1. The van der Waals surface area contributed by atoms with Crippen LogP contribution in [0.4, 0.5) is 13.2 Å². The van der Waals surface area contributed by atoms with Gasteiger partial charge >= 0.3 is 6.36 Å². The Bertz CT molecular complexity index is 438. The number of hydrogen-bond acceptors (Lipinski definition) is 4. The van der Waals surface area contributed by atoms with Crippen LogP contribution in [0.3, 0.4) is 0 Å². The Hall–Kier alpha value is -1.97. The van der Waals surface area contributed by atoms with Crippen molar-refractivity contribution in [2.45, 2.75) is 19.7 Å². The Morgan fingerprint density at radius 1 is 1.56 bits per heavy atom. The SMILES string of the molecule is Cc1ncc(CC#N)c(OC(F)(F)F)c1O. The van der Waals surface area contributed by atoms with E-state index in [-0.39, 0.29) is 17.7 Å². The van der Waals surface area contributed by atoms with Gasteiger partial charge in [0.1, 0.15) is 0 Å². The van der Waals surface area contributed by atoms with Crippen molar-refractivity contribution >= 4 is 0 Å². The number of halogens is 3. The van der Waals surface area contributed by atoms with Crippen LogP contribution in [0.5, 0.6) is 11.5 Å². The first-order valence-corrected chi connectivity index (χ1v) is 4.15. The van der Waals surface area contributed by atoms with Crippen LogP contribution < -0.4 is 4.74 Å². The molecule has 0 atom stereocenters. The zero-order valence-electron chi connectivity index (χ0n) is 8.17. The topological polar surface area (TPSA) is 66.1 Å². The monoisotopic (exact) mass is 232 g/mol. The van der Waals surface area contributed by atoms with Gasteiger partial charge in [0.25, 0.3) is 0 Å². The molecule has 0 aliphatic rings. The van der Waals surface area contributed by atoms with E-state index < -0.39 is 17.9 Å². The van der Waals surface area contributed by atoms with Gasteiger partial charge < -0.3 is 9.84 Å². The van der Waals surface area contributed by atoms with Gasteiger partial charge in [0.15, 0.2) is 11.5 Å². The molecule has 0 spiro atoms. The van der Waals surface area contributed by atoms with Crippen molar-refractivity contribution in [3.8, 4) is 17.6 Å². The number of aryl methyl sites for hydroxylation is 1. The Labute approximate surface area is 88.9 Å². The van der Waals surface area contributed by atoms with E-state index in [1.54, 1.807) is 6.07 Å². The summed E-state index contributed by atoms with van der Waals surface area (Å²) in [5.41, 5.74) is -0.108. The highest BCUT2D eigenvalue weighted by atomic mass is 19.4. The normalized spacial score (nSPS) is 10.9. The lowest BCUT2D eigenvalue weighted by Crippen LogP contribution is -2.18. The first-order valence-electron chi connectivity index (χ1n) is 4.15. The average molecular weight is 232 g/mol. The summed E-state index contributed by atoms with van der Waals surface area (Å²) >= 11 is 0. The minimum atomic E-state index is -4.92. The first-order chi connectivity index (χ1) is 7.35. The summed E-state index contributed by atoms with van der Waals surface area (Å²) in [6.07, 6.45) is -4.18. The third-order valence-corrected chi connectivity index (χ3v) is 1.75. The maximum atomic E-state index is 12.0. The van der Waals surface area contributed by atoms with E-state index in [9.17, 15) is 18.3 Å². The predicted octanol–water partition coefficient (Wildman–Crippen LogP) is 2.06. The van der Waals surface area contributed by atoms with Crippen molar-refractivity contribution in [2.75, 3.05) is 0 Å². The van der Waals surface area contributed by atoms with Crippen LogP contribution in [-0.2, 0) is 6.42 Å². The second-order valence-electron chi connectivity index (χ2n) is 2.93. The Morgan fingerprint density at radius 3 is 2.69 bits per heavy atom. The van der Waals surface area contributed by atoms with Crippen LogP contribution >= 0.6 is 0 Å². The molecule has 0 saturated heterocycles. The van der Waals surface area contributed by atoms with Crippen LogP contribution in [0, 0.1) is 18.3 Å². The quantitative estimate of drug-likeness (QED) is 0.847. The van der Waals surface area contributed by atoms with Gasteiger partial charge in [-0.25, -0.2) is 0 Å². The molecule has 16 heavy (non-hydrogen) atoms. The maximum Gasteiger partial charge on any atom is 0.573 e. The number of nitriles is 1. The number of aromatic hydroxyl groups is 1. The van der Waals surface area contributed by atoms with Crippen molar-refractivity contribution in [2.24, 2.45) is 0 Å².